The van der Waals surface area contributed by atoms with Gasteiger partial charge in [0, 0.05) is 37.0 Å². The number of benzene rings is 3. The van der Waals surface area contributed by atoms with E-state index in [1.54, 1.807) is 12.1 Å². The number of nitrogens with zero attached hydrogens (tertiary/aromatic N) is 3. The molecule has 1 fully saturated rings. The van der Waals surface area contributed by atoms with Gasteiger partial charge in [-0.05, 0) is 84.9 Å². The van der Waals surface area contributed by atoms with Crippen molar-refractivity contribution < 1.29 is 46.7 Å². The fourth-order valence-electron chi connectivity index (χ4n) is 8.43. The van der Waals surface area contributed by atoms with Crippen molar-refractivity contribution in [2.75, 3.05) is 50.2 Å². The van der Waals surface area contributed by atoms with Gasteiger partial charge in [0.05, 0.1) is 44.1 Å². The summed E-state index contributed by atoms with van der Waals surface area (Å²) in [5.41, 5.74) is 6.69. The highest BCUT2D eigenvalue weighted by molar-refractivity contribution is 7.90. The van der Waals surface area contributed by atoms with Gasteiger partial charge in [0.15, 0.2) is 5.03 Å². The topological polar surface area (TPSA) is 236 Å². The van der Waals surface area contributed by atoms with Crippen LogP contribution < -0.4 is 26.0 Å². The average molecular weight is 867 g/mol. The van der Waals surface area contributed by atoms with E-state index < -0.39 is 56.7 Å². The number of hydrogen-bond donors (Lipinski definition) is 5. The van der Waals surface area contributed by atoms with Gasteiger partial charge < -0.3 is 25.4 Å². The molecule has 1 aromatic heterocycles. The van der Waals surface area contributed by atoms with Crippen LogP contribution in [0.4, 0.5) is 16.2 Å². The minimum Gasteiger partial charge on any atom is -0.382 e. The summed E-state index contributed by atoms with van der Waals surface area (Å²) < 4.78 is 41.7. The molecular formula is C43H46N8O10S. The molecule has 324 valence electrons. The van der Waals surface area contributed by atoms with Crippen LogP contribution in [0.25, 0.3) is 0 Å². The number of ether oxygens (including phenoxy) is 2. The number of aryl methyl sites for hydroxylation is 2. The van der Waals surface area contributed by atoms with E-state index >= 15 is 0 Å². The molecule has 1 atom stereocenters. The van der Waals surface area contributed by atoms with Crippen LogP contribution in [0.5, 0.6) is 0 Å². The number of carbonyl (C=O) groups is 6. The van der Waals surface area contributed by atoms with Crippen molar-refractivity contribution in [3.63, 3.8) is 0 Å². The molecule has 62 heavy (non-hydrogen) atoms. The first-order valence-electron chi connectivity index (χ1n) is 20.6. The van der Waals surface area contributed by atoms with Crippen LogP contribution in [0.1, 0.15) is 84.7 Å². The fourth-order valence-corrected chi connectivity index (χ4v) is 9.31. The van der Waals surface area contributed by atoms with Crippen LogP contribution >= 0.6 is 0 Å². The molecule has 18 nitrogen and oxygen atoms in total. The zero-order valence-corrected chi connectivity index (χ0v) is 34.6. The molecule has 4 aromatic rings. The Morgan fingerprint density at radius 1 is 0.806 bits per heavy atom. The van der Waals surface area contributed by atoms with Crippen molar-refractivity contribution in [1.29, 1.82) is 0 Å². The first-order valence-corrected chi connectivity index (χ1v) is 22.1. The molecule has 2 aliphatic heterocycles. The molecule has 5 N–H and O–H groups in total. The largest absolute Gasteiger partial charge is 0.382 e. The number of aromatic nitrogens is 2. The van der Waals surface area contributed by atoms with Gasteiger partial charge in [-0.1, -0.05) is 42.5 Å². The third-order valence-corrected chi connectivity index (χ3v) is 12.5. The van der Waals surface area contributed by atoms with E-state index in [4.69, 9.17) is 9.47 Å². The Morgan fingerprint density at radius 3 is 2.23 bits per heavy atom. The predicted molar refractivity (Wildman–Crippen MR) is 223 cm³/mol. The number of sulfonamides is 1. The first-order chi connectivity index (χ1) is 30.0. The smallest absolute Gasteiger partial charge is 0.333 e. The average Bonchev–Trinajstić information content (AvgIpc) is 4.06. The number of amides is 7. The van der Waals surface area contributed by atoms with Crippen LogP contribution in [0.15, 0.2) is 65.7 Å². The maximum absolute atomic E-state index is 13.5. The first kappa shape index (κ1) is 42.3. The van der Waals surface area contributed by atoms with Crippen LogP contribution in [0.3, 0.4) is 0 Å². The van der Waals surface area contributed by atoms with Crippen molar-refractivity contribution in [2.24, 2.45) is 0 Å². The maximum atomic E-state index is 13.5. The van der Waals surface area contributed by atoms with E-state index in [-0.39, 0.29) is 75.7 Å². The van der Waals surface area contributed by atoms with Gasteiger partial charge in [-0.3, -0.25) is 38.9 Å². The number of urea groups is 1. The van der Waals surface area contributed by atoms with Gasteiger partial charge in [0.25, 0.3) is 27.7 Å². The number of imide groups is 2. The van der Waals surface area contributed by atoms with Gasteiger partial charge in [-0.2, -0.15) is 13.5 Å². The molecule has 4 aliphatic rings. The van der Waals surface area contributed by atoms with Crippen LogP contribution in [0, 0.1) is 0 Å². The summed E-state index contributed by atoms with van der Waals surface area (Å²) in [6.45, 7) is 1.23. The Morgan fingerprint density at radius 2 is 1.52 bits per heavy atom. The normalized spacial score (nSPS) is 16.8. The van der Waals surface area contributed by atoms with E-state index in [1.807, 2.05) is 30.3 Å². The molecule has 1 saturated heterocycles. The standard InChI is InChI=1S/C43H46N8O10S/c52-35-16-15-33(40(54)46-35)51-41(55)31-13-6-14-32(37(31)42(51)56)44-17-19-60-21-22-61-20-18-45-39(53)34-24-36(48-50(34)25-26-7-2-1-3-8-26)62(58,59)49-43(57)47-38-29-11-4-9-27(29)23-28-10-5-12-30(28)38/h1-3,6-8,13-14,23-24,33,44H,4-5,9-12,15-22,25H2,(H,45,53)(H,46,52,54)(H2,47,49,57). The van der Waals surface area contributed by atoms with Crippen molar-refractivity contribution in [3.8, 4) is 0 Å². The minimum atomic E-state index is -4.48. The molecule has 19 heteroatoms. The van der Waals surface area contributed by atoms with Gasteiger partial charge >= 0.3 is 6.03 Å². The van der Waals surface area contributed by atoms with Crippen molar-refractivity contribution >= 4 is 57.0 Å². The molecule has 8 rings (SSSR count). The van der Waals surface area contributed by atoms with Gasteiger partial charge in [-0.15, -0.1) is 0 Å². The highest BCUT2D eigenvalue weighted by Gasteiger charge is 2.45. The molecule has 3 heterocycles. The molecular weight excluding hydrogens is 821 g/mol. The SMILES string of the molecule is O=C1CCC(N2C(=O)c3cccc(NCCOCCOCCNC(=O)c4cc(S(=O)(=O)NC(=O)Nc5c6c(cc7c5CCC7)CCC6)nn4Cc4ccccc4)c3C2=O)C(=O)N1. The van der Waals surface area contributed by atoms with Crippen molar-refractivity contribution in [1.82, 2.24) is 30.0 Å². The summed E-state index contributed by atoms with van der Waals surface area (Å²) in [7, 11) is -4.48. The number of anilines is 2. The number of carbonyl (C=O) groups excluding carboxylic acids is 6. The van der Waals surface area contributed by atoms with Crippen molar-refractivity contribution in [3.05, 3.63) is 105 Å². The Hall–Kier alpha value is -6.44. The Bertz CT molecular complexity index is 2530. The molecule has 0 bridgehead atoms. The molecule has 0 spiro atoms. The second-order valence-corrected chi connectivity index (χ2v) is 17.0. The Balaban J connectivity index is 0.801. The zero-order valence-electron chi connectivity index (χ0n) is 33.8. The van der Waals surface area contributed by atoms with E-state index in [1.165, 1.54) is 21.9 Å². The lowest BCUT2D eigenvalue weighted by molar-refractivity contribution is -0.136. The Kier molecular flexibility index (Phi) is 12.5. The molecule has 7 amide bonds. The van der Waals surface area contributed by atoms with E-state index in [0.29, 0.717) is 11.4 Å². The van der Waals surface area contributed by atoms with Crippen LogP contribution in [-0.2, 0) is 61.3 Å². The predicted octanol–water partition coefficient (Wildman–Crippen LogP) is 2.70. The molecule has 3 aromatic carbocycles. The lowest BCUT2D eigenvalue weighted by Crippen LogP contribution is -2.54. The third kappa shape index (κ3) is 8.95. The highest BCUT2D eigenvalue weighted by atomic mass is 32.2. The quantitative estimate of drug-likeness (QED) is 0.0762. The second kappa shape index (κ2) is 18.3. The summed E-state index contributed by atoms with van der Waals surface area (Å²) >= 11 is 0. The molecule has 1 unspecified atom stereocenters. The number of rotatable bonds is 17. The number of piperidine rings is 1. The van der Waals surface area contributed by atoms with Crippen molar-refractivity contribution in [2.45, 2.75) is 69.0 Å². The van der Waals surface area contributed by atoms with Crippen LogP contribution in [0.2, 0.25) is 0 Å². The Labute approximate surface area is 357 Å². The fraction of sp³-hybridized carbons (Fsp3) is 0.372. The highest BCUT2D eigenvalue weighted by Crippen LogP contribution is 2.39. The van der Waals surface area contributed by atoms with E-state index in [2.05, 4.69) is 37.2 Å². The lowest BCUT2D eigenvalue weighted by atomic mass is 9.99. The zero-order chi connectivity index (χ0) is 43.4. The third-order valence-electron chi connectivity index (χ3n) is 11.3. The monoisotopic (exact) mass is 866 g/mol. The van der Waals surface area contributed by atoms with Gasteiger partial charge in [-0.25, -0.2) is 9.52 Å². The lowest BCUT2D eigenvalue weighted by Gasteiger charge is -2.27. The molecule has 2 aliphatic carbocycles. The summed E-state index contributed by atoms with van der Waals surface area (Å²) in [6, 6.07) is 15.3. The van der Waals surface area contributed by atoms with Crippen LogP contribution in [-0.4, -0.2) is 104 Å². The number of fused-ring (bicyclic) bond motifs is 3. The molecule has 0 saturated carbocycles. The van der Waals surface area contributed by atoms with Gasteiger partial charge in [0.2, 0.25) is 11.8 Å². The van der Waals surface area contributed by atoms with E-state index in [0.717, 1.165) is 66.2 Å². The maximum Gasteiger partial charge on any atom is 0.333 e. The second-order valence-electron chi connectivity index (χ2n) is 15.4. The minimum absolute atomic E-state index is 0.0250. The summed E-state index contributed by atoms with van der Waals surface area (Å²) in [5, 5.41) is 14.6. The number of hydrogen-bond acceptors (Lipinski definition) is 12. The molecule has 0 radical (unpaired) electrons. The summed E-state index contributed by atoms with van der Waals surface area (Å²) in [6.07, 6.45) is 5.52. The summed E-state index contributed by atoms with van der Waals surface area (Å²) in [4.78, 5) is 77.9. The van der Waals surface area contributed by atoms with E-state index in [9.17, 15) is 37.2 Å². The number of nitrogens with one attached hydrogen (secondary N) is 5. The van der Waals surface area contributed by atoms with Gasteiger partial charge in [0.1, 0.15) is 11.7 Å². The summed E-state index contributed by atoms with van der Waals surface area (Å²) in [5.74, 6) is -2.92.